The molecule has 0 bridgehead atoms. The lowest BCUT2D eigenvalue weighted by molar-refractivity contribution is -0.116. The van der Waals surface area contributed by atoms with Gasteiger partial charge in [-0.05, 0) is 62.2 Å². The van der Waals surface area contributed by atoms with Gasteiger partial charge in [0.25, 0.3) is 0 Å². The number of esters is 1. The van der Waals surface area contributed by atoms with Crippen molar-refractivity contribution in [3.05, 3.63) is 59.2 Å². The van der Waals surface area contributed by atoms with Crippen LogP contribution in [-0.2, 0) is 9.53 Å². The first-order chi connectivity index (χ1) is 12.0. The minimum Gasteiger partial charge on any atom is -0.493 e. The molecule has 0 aliphatic heterocycles. The number of carbonyl (C=O) groups is 2. The van der Waals surface area contributed by atoms with Crippen LogP contribution in [0, 0.1) is 13.8 Å². The highest BCUT2D eigenvalue weighted by Crippen LogP contribution is 2.19. The van der Waals surface area contributed by atoms with Crippen LogP contribution >= 0.6 is 0 Å². The summed E-state index contributed by atoms with van der Waals surface area (Å²) in [5, 5.41) is 2.78. The zero-order valence-corrected chi connectivity index (χ0v) is 14.8. The van der Waals surface area contributed by atoms with E-state index in [-0.39, 0.29) is 18.3 Å². The van der Waals surface area contributed by atoms with Gasteiger partial charge < -0.3 is 14.8 Å². The molecule has 1 amide bonds. The van der Waals surface area contributed by atoms with E-state index >= 15 is 0 Å². The third-order valence-electron chi connectivity index (χ3n) is 3.61. The van der Waals surface area contributed by atoms with Crippen LogP contribution in [0.15, 0.2) is 42.5 Å². The summed E-state index contributed by atoms with van der Waals surface area (Å²) < 4.78 is 10.6. The molecule has 0 fully saturated rings. The van der Waals surface area contributed by atoms with Crippen LogP contribution in [0.1, 0.15) is 34.8 Å². The third-order valence-corrected chi connectivity index (χ3v) is 3.61. The summed E-state index contributed by atoms with van der Waals surface area (Å²) >= 11 is 0. The van der Waals surface area contributed by atoms with Crippen molar-refractivity contribution in [1.29, 1.82) is 0 Å². The Morgan fingerprint density at radius 1 is 1.04 bits per heavy atom. The van der Waals surface area contributed by atoms with Gasteiger partial charge in [-0.2, -0.15) is 0 Å². The molecule has 0 aliphatic carbocycles. The average Bonchev–Trinajstić information content (AvgIpc) is 2.59. The first kappa shape index (κ1) is 18.5. The van der Waals surface area contributed by atoms with E-state index < -0.39 is 0 Å². The van der Waals surface area contributed by atoms with Crippen LogP contribution < -0.4 is 10.1 Å². The number of aryl methyl sites for hydroxylation is 2. The summed E-state index contributed by atoms with van der Waals surface area (Å²) in [5.74, 6) is 0.281. The molecule has 0 atom stereocenters. The smallest absolute Gasteiger partial charge is 0.338 e. The highest BCUT2D eigenvalue weighted by Gasteiger charge is 2.08. The molecule has 132 valence electrons. The van der Waals surface area contributed by atoms with E-state index in [9.17, 15) is 9.59 Å². The average molecular weight is 341 g/mol. The fourth-order valence-electron chi connectivity index (χ4n) is 2.24. The van der Waals surface area contributed by atoms with Crippen molar-refractivity contribution < 1.29 is 19.1 Å². The van der Waals surface area contributed by atoms with Gasteiger partial charge in [-0.3, -0.25) is 4.79 Å². The second-order valence-corrected chi connectivity index (χ2v) is 5.71. The highest BCUT2D eigenvalue weighted by atomic mass is 16.5. The van der Waals surface area contributed by atoms with E-state index in [1.165, 1.54) is 0 Å². The molecular weight excluding hydrogens is 318 g/mol. The lowest BCUT2D eigenvalue weighted by atomic mass is 10.1. The molecule has 5 heteroatoms. The van der Waals surface area contributed by atoms with Gasteiger partial charge in [0.05, 0.1) is 25.2 Å². The molecule has 0 saturated carbocycles. The Morgan fingerprint density at radius 3 is 2.44 bits per heavy atom. The maximum absolute atomic E-state index is 12.0. The number of hydrogen-bond donors (Lipinski definition) is 1. The first-order valence-corrected chi connectivity index (χ1v) is 8.26. The van der Waals surface area contributed by atoms with Crippen LogP contribution in [0.3, 0.4) is 0 Å². The number of carbonyl (C=O) groups excluding carboxylic acids is 2. The molecular formula is C20H23NO4. The van der Waals surface area contributed by atoms with E-state index in [0.29, 0.717) is 24.5 Å². The van der Waals surface area contributed by atoms with Gasteiger partial charge in [-0.25, -0.2) is 4.79 Å². The minimum absolute atomic E-state index is 0.144. The normalized spacial score (nSPS) is 10.2. The summed E-state index contributed by atoms with van der Waals surface area (Å²) in [6.45, 7) is 6.36. The second kappa shape index (κ2) is 8.87. The SMILES string of the molecule is CCOC(=O)c1ccc(NC(=O)CCOc2cc(C)ccc2C)cc1. The predicted octanol–water partition coefficient (Wildman–Crippen LogP) is 3.89. The lowest BCUT2D eigenvalue weighted by Crippen LogP contribution is -2.15. The number of amides is 1. The van der Waals surface area contributed by atoms with Gasteiger partial charge in [-0.15, -0.1) is 0 Å². The topological polar surface area (TPSA) is 64.6 Å². The molecule has 25 heavy (non-hydrogen) atoms. The van der Waals surface area contributed by atoms with Gasteiger partial charge in [0.2, 0.25) is 5.91 Å². The number of hydrogen-bond acceptors (Lipinski definition) is 4. The van der Waals surface area contributed by atoms with Crippen molar-refractivity contribution in [1.82, 2.24) is 0 Å². The maximum atomic E-state index is 12.0. The molecule has 0 radical (unpaired) electrons. The van der Waals surface area contributed by atoms with Gasteiger partial charge in [-0.1, -0.05) is 12.1 Å². The van der Waals surface area contributed by atoms with Crippen molar-refractivity contribution in [3.63, 3.8) is 0 Å². The molecule has 0 spiro atoms. The van der Waals surface area contributed by atoms with E-state index in [1.807, 2.05) is 32.0 Å². The van der Waals surface area contributed by atoms with Gasteiger partial charge in [0.1, 0.15) is 5.75 Å². The summed E-state index contributed by atoms with van der Waals surface area (Å²) in [7, 11) is 0. The fourth-order valence-corrected chi connectivity index (χ4v) is 2.24. The van der Waals surface area contributed by atoms with Crippen LogP contribution in [-0.4, -0.2) is 25.1 Å². The number of rotatable bonds is 7. The van der Waals surface area contributed by atoms with E-state index in [2.05, 4.69) is 5.32 Å². The lowest BCUT2D eigenvalue weighted by Gasteiger charge is -2.10. The Morgan fingerprint density at radius 2 is 1.76 bits per heavy atom. The number of ether oxygens (including phenoxy) is 2. The Balaban J connectivity index is 1.82. The van der Waals surface area contributed by atoms with Gasteiger partial charge in [0, 0.05) is 5.69 Å². The largest absolute Gasteiger partial charge is 0.493 e. The molecule has 0 unspecified atom stereocenters. The monoisotopic (exact) mass is 341 g/mol. The Bertz CT molecular complexity index is 738. The van der Waals surface area contributed by atoms with Crippen LogP contribution in [0.5, 0.6) is 5.75 Å². The fraction of sp³-hybridized carbons (Fsp3) is 0.300. The quantitative estimate of drug-likeness (QED) is 0.776. The van der Waals surface area contributed by atoms with Crippen LogP contribution in [0.2, 0.25) is 0 Å². The van der Waals surface area contributed by atoms with Crippen molar-refractivity contribution >= 4 is 17.6 Å². The highest BCUT2D eigenvalue weighted by molar-refractivity contribution is 5.93. The second-order valence-electron chi connectivity index (χ2n) is 5.71. The van der Waals surface area contributed by atoms with Crippen molar-refractivity contribution in [2.24, 2.45) is 0 Å². The summed E-state index contributed by atoms with van der Waals surface area (Å²) in [5.41, 5.74) is 3.25. The maximum Gasteiger partial charge on any atom is 0.338 e. The Hall–Kier alpha value is -2.82. The zero-order chi connectivity index (χ0) is 18.2. The predicted molar refractivity (Wildman–Crippen MR) is 97.1 cm³/mol. The molecule has 2 aromatic carbocycles. The molecule has 2 aromatic rings. The van der Waals surface area contributed by atoms with Crippen LogP contribution in [0.4, 0.5) is 5.69 Å². The summed E-state index contributed by atoms with van der Waals surface area (Å²) in [6, 6.07) is 12.6. The molecule has 0 saturated heterocycles. The number of benzene rings is 2. The molecule has 0 aromatic heterocycles. The van der Waals surface area contributed by atoms with E-state index in [1.54, 1.807) is 31.2 Å². The first-order valence-electron chi connectivity index (χ1n) is 8.26. The van der Waals surface area contributed by atoms with Crippen LogP contribution in [0.25, 0.3) is 0 Å². The molecule has 0 aliphatic rings. The molecule has 0 heterocycles. The summed E-state index contributed by atoms with van der Waals surface area (Å²) in [4.78, 5) is 23.6. The van der Waals surface area contributed by atoms with E-state index in [4.69, 9.17) is 9.47 Å². The van der Waals surface area contributed by atoms with Crippen molar-refractivity contribution in [2.75, 3.05) is 18.5 Å². The molecule has 1 N–H and O–H groups in total. The number of nitrogens with one attached hydrogen (secondary N) is 1. The molecule has 5 nitrogen and oxygen atoms in total. The van der Waals surface area contributed by atoms with E-state index in [0.717, 1.165) is 16.9 Å². The standard InChI is InChI=1S/C20H23NO4/c1-4-24-20(23)16-7-9-17(10-8-16)21-19(22)11-12-25-18-13-14(2)5-6-15(18)3/h5-10,13H,4,11-12H2,1-3H3,(H,21,22). The minimum atomic E-state index is -0.373. The number of anilines is 1. The Labute approximate surface area is 148 Å². The van der Waals surface area contributed by atoms with Gasteiger partial charge >= 0.3 is 5.97 Å². The third kappa shape index (κ3) is 5.64. The molecule has 2 rings (SSSR count). The Kier molecular flexibility index (Phi) is 6.57. The zero-order valence-electron chi connectivity index (χ0n) is 14.8. The summed E-state index contributed by atoms with van der Waals surface area (Å²) in [6.07, 6.45) is 0.243. The van der Waals surface area contributed by atoms with Crippen molar-refractivity contribution in [2.45, 2.75) is 27.2 Å². The van der Waals surface area contributed by atoms with Crippen molar-refractivity contribution in [3.8, 4) is 5.75 Å². The van der Waals surface area contributed by atoms with Gasteiger partial charge in [0.15, 0.2) is 0 Å².